The summed E-state index contributed by atoms with van der Waals surface area (Å²) in [7, 11) is 0. The molecule has 0 aliphatic rings. The van der Waals surface area contributed by atoms with E-state index in [1.54, 1.807) is 11.3 Å². The van der Waals surface area contributed by atoms with E-state index in [0.717, 1.165) is 8.66 Å². The lowest BCUT2D eigenvalue weighted by molar-refractivity contribution is 0.442. The minimum Gasteiger partial charge on any atom is -0.305 e. The van der Waals surface area contributed by atoms with Gasteiger partial charge in [0.15, 0.2) is 0 Å². The highest BCUT2D eigenvalue weighted by Gasteiger charge is 2.05. The second kappa shape index (κ2) is 4.24. The van der Waals surface area contributed by atoms with Crippen LogP contribution in [0.5, 0.6) is 0 Å². The molecular weight excluding hydrogens is 248 g/mol. The third-order valence-electron chi connectivity index (χ3n) is 1.19. The monoisotopic (exact) mass is 260 g/mol. The van der Waals surface area contributed by atoms with Gasteiger partial charge in [-0.3, -0.25) is 0 Å². The Hall–Kier alpha value is -0.350. The van der Waals surface area contributed by atoms with Crippen LogP contribution in [0.25, 0.3) is 0 Å². The van der Waals surface area contributed by atoms with Crippen LogP contribution in [-0.2, 0) is 0 Å². The van der Waals surface area contributed by atoms with Gasteiger partial charge in [0.05, 0.1) is 10.0 Å². The maximum Gasteiger partial charge on any atom is 0.0705 e. The molecule has 1 heterocycles. The first-order chi connectivity index (χ1) is 5.97. The minimum absolute atomic E-state index is 0.0327. The summed E-state index contributed by atoms with van der Waals surface area (Å²) < 4.78 is 1.13. The molecule has 1 N–H and O–H groups in total. The first-order valence-corrected chi connectivity index (χ1v) is 5.64. The second-order valence-electron chi connectivity index (χ2n) is 3.76. The van der Waals surface area contributed by atoms with Crippen molar-refractivity contribution in [1.29, 1.82) is 0 Å². The van der Waals surface area contributed by atoms with E-state index in [1.165, 1.54) is 0 Å². The van der Waals surface area contributed by atoms with Crippen LogP contribution >= 0.6 is 27.3 Å². The fourth-order valence-corrected chi connectivity index (χ4v) is 1.98. The highest BCUT2D eigenvalue weighted by atomic mass is 79.9. The molecule has 0 spiro atoms. The molecule has 0 bridgehead atoms. The van der Waals surface area contributed by atoms with Crippen LogP contribution in [0.3, 0.4) is 0 Å². The van der Waals surface area contributed by atoms with Gasteiger partial charge < -0.3 is 5.43 Å². The fraction of sp³-hybridized carbons (Fsp3) is 0.444. The Morgan fingerprint density at radius 3 is 2.62 bits per heavy atom. The minimum atomic E-state index is 0.0327. The van der Waals surface area contributed by atoms with Crippen molar-refractivity contribution < 1.29 is 0 Å². The van der Waals surface area contributed by atoms with Crippen molar-refractivity contribution in [3.8, 4) is 0 Å². The van der Waals surface area contributed by atoms with Crippen LogP contribution < -0.4 is 5.43 Å². The Kier molecular flexibility index (Phi) is 3.50. The summed E-state index contributed by atoms with van der Waals surface area (Å²) in [6.07, 6.45) is 1.83. The summed E-state index contributed by atoms with van der Waals surface area (Å²) >= 11 is 5.07. The van der Waals surface area contributed by atoms with E-state index in [9.17, 15) is 0 Å². The quantitative estimate of drug-likeness (QED) is 0.641. The summed E-state index contributed by atoms with van der Waals surface area (Å²) in [4.78, 5) is 1.14. The number of thiophene rings is 1. The van der Waals surface area contributed by atoms with E-state index in [0.29, 0.717) is 0 Å². The smallest absolute Gasteiger partial charge is 0.0705 e. The lowest BCUT2D eigenvalue weighted by Crippen LogP contribution is -2.31. The highest BCUT2D eigenvalue weighted by molar-refractivity contribution is 9.11. The van der Waals surface area contributed by atoms with Gasteiger partial charge in [-0.25, -0.2) is 0 Å². The summed E-state index contributed by atoms with van der Waals surface area (Å²) in [5.74, 6) is 0. The first-order valence-electron chi connectivity index (χ1n) is 4.03. The molecule has 4 heteroatoms. The van der Waals surface area contributed by atoms with E-state index in [1.807, 2.05) is 18.3 Å². The number of hydrogen-bond donors (Lipinski definition) is 1. The van der Waals surface area contributed by atoms with Crippen LogP contribution in [0.15, 0.2) is 21.0 Å². The Bertz CT molecular complexity index is 299. The van der Waals surface area contributed by atoms with Crippen molar-refractivity contribution in [3.05, 3.63) is 20.8 Å². The van der Waals surface area contributed by atoms with Gasteiger partial charge in [-0.1, -0.05) is 0 Å². The normalized spacial score (nSPS) is 12.3. The Morgan fingerprint density at radius 2 is 2.15 bits per heavy atom. The molecule has 0 aliphatic carbocycles. The third-order valence-corrected chi connectivity index (χ3v) is 2.74. The molecule has 13 heavy (non-hydrogen) atoms. The van der Waals surface area contributed by atoms with Gasteiger partial charge in [0.25, 0.3) is 0 Å². The SMILES string of the molecule is CC(C)(C)N/N=C/c1ccc(Br)s1. The number of nitrogens with one attached hydrogen (secondary N) is 1. The first kappa shape index (κ1) is 10.7. The molecule has 0 unspecified atom stereocenters. The predicted octanol–water partition coefficient (Wildman–Crippen LogP) is 3.23. The van der Waals surface area contributed by atoms with E-state index < -0.39 is 0 Å². The standard InChI is InChI=1S/C9H13BrN2S/c1-9(2,3)12-11-6-7-4-5-8(10)13-7/h4-6,12H,1-3H3/b11-6+. The molecule has 72 valence electrons. The van der Waals surface area contributed by atoms with Crippen LogP contribution in [0, 0.1) is 0 Å². The van der Waals surface area contributed by atoms with Crippen molar-refractivity contribution in [2.75, 3.05) is 0 Å². The van der Waals surface area contributed by atoms with Crippen molar-refractivity contribution in [3.63, 3.8) is 0 Å². The van der Waals surface area contributed by atoms with Crippen molar-refractivity contribution in [2.24, 2.45) is 5.10 Å². The summed E-state index contributed by atoms with van der Waals surface area (Å²) in [6.45, 7) is 6.23. The van der Waals surface area contributed by atoms with Crippen molar-refractivity contribution >= 4 is 33.5 Å². The molecule has 0 aromatic carbocycles. The number of halogens is 1. The van der Waals surface area contributed by atoms with Gasteiger partial charge in [0.1, 0.15) is 0 Å². The lowest BCUT2D eigenvalue weighted by Gasteiger charge is -2.16. The molecule has 0 fully saturated rings. The van der Waals surface area contributed by atoms with Crippen molar-refractivity contribution in [1.82, 2.24) is 5.43 Å². The summed E-state index contributed by atoms with van der Waals surface area (Å²) in [5.41, 5.74) is 3.07. The van der Waals surface area contributed by atoms with Crippen LogP contribution in [0.4, 0.5) is 0 Å². The molecule has 0 aliphatic heterocycles. The molecule has 0 radical (unpaired) electrons. The predicted molar refractivity (Wildman–Crippen MR) is 62.5 cm³/mol. The van der Waals surface area contributed by atoms with Gasteiger partial charge in [-0.15, -0.1) is 11.3 Å². The molecule has 0 saturated heterocycles. The number of hydrogen-bond acceptors (Lipinski definition) is 3. The Balaban J connectivity index is 2.50. The molecular formula is C9H13BrN2S. The largest absolute Gasteiger partial charge is 0.305 e. The van der Waals surface area contributed by atoms with E-state index in [-0.39, 0.29) is 5.54 Å². The van der Waals surface area contributed by atoms with Crippen molar-refractivity contribution in [2.45, 2.75) is 26.3 Å². The zero-order valence-electron chi connectivity index (χ0n) is 7.97. The zero-order valence-corrected chi connectivity index (χ0v) is 10.4. The molecule has 1 rings (SSSR count). The highest BCUT2D eigenvalue weighted by Crippen LogP contribution is 2.20. The van der Waals surface area contributed by atoms with Crippen LogP contribution in [-0.4, -0.2) is 11.8 Å². The van der Waals surface area contributed by atoms with E-state index in [2.05, 4.69) is 47.2 Å². The molecule has 0 atom stereocenters. The maximum absolute atomic E-state index is 4.14. The van der Waals surface area contributed by atoms with Gasteiger partial charge in [0, 0.05) is 10.4 Å². The van der Waals surface area contributed by atoms with Gasteiger partial charge in [-0.05, 0) is 48.8 Å². The molecule has 0 saturated carbocycles. The third kappa shape index (κ3) is 4.43. The number of hydrazone groups is 1. The molecule has 2 nitrogen and oxygen atoms in total. The average molecular weight is 261 g/mol. The van der Waals surface area contributed by atoms with Gasteiger partial charge in [-0.2, -0.15) is 5.10 Å². The molecule has 0 amide bonds. The van der Waals surface area contributed by atoms with Gasteiger partial charge >= 0.3 is 0 Å². The molecule has 1 aromatic rings. The maximum atomic E-state index is 4.14. The zero-order chi connectivity index (χ0) is 9.90. The number of nitrogens with zero attached hydrogens (tertiary/aromatic N) is 1. The fourth-order valence-electron chi connectivity index (χ4n) is 0.687. The summed E-state index contributed by atoms with van der Waals surface area (Å²) in [5, 5.41) is 4.14. The lowest BCUT2D eigenvalue weighted by atomic mass is 10.1. The second-order valence-corrected chi connectivity index (χ2v) is 6.26. The summed E-state index contributed by atoms with van der Waals surface area (Å²) in [6, 6.07) is 4.05. The van der Waals surface area contributed by atoms with E-state index >= 15 is 0 Å². The van der Waals surface area contributed by atoms with E-state index in [4.69, 9.17) is 0 Å². The number of rotatable bonds is 2. The topological polar surface area (TPSA) is 24.4 Å². The van der Waals surface area contributed by atoms with Crippen LogP contribution in [0.1, 0.15) is 25.6 Å². The Morgan fingerprint density at radius 1 is 1.46 bits per heavy atom. The average Bonchev–Trinajstić information content (AvgIpc) is 2.33. The molecule has 1 aromatic heterocycles. The van der Waals surface area contributed by atoms with Crippen LogP contribution in [0.2, 0.25) is 0 Å². The van der Waals surface area contributed by atoms with Gasteiger partial charge in [0.2, 0.25) is 0 Å². The Labute approximate surface area is 91.2 Å².